The van der Waals surface area contributed by atoms with E-state index in [1.807, 2.05) is 6.92 Å². The molecule has 0 unspecified atom stereocenters. The third kappa shape index (κ3) is 4.09. The second-order valence-corrected chi connectivity index (χ2v) is 8.51. The lowest BCUT2D eigenvalue weighted by atomic mass is 10.4. The number of hydrogen-bond donors (Lipinski definition) is 1. The van der Waals surface area contributed by atoms with Crippen LogP contribution in [0, 0.1) is 0 Å². The molecule has 4 nitrogen and oxygen atoms in total. The molecule has 0 spiro atoms. The zero-order valence-electron chi connectivity index (χ0n) is 11.3. The molecular formula is C14H14O4S3. The minimum atomic E-state index is -3.19. The molecule has 1 N–H and O–H groups in total. The average Bonchev–Trinajstić information content (AvgIpc) is 2.88. The number of carboxylic acid groups (broad SMARTS) is 1. The number of thiophene rings is 1. The maximum Gasteiger partial charge on any atom is 0.345 e. The van der Waals surface area contributed by atoms with E-state index in [2.05, 4.69) is 0 Å². The van der Waals surface area contributed by atoms with Crippen molar-refractivity contribution in [3.63, 3.8) is 0 Å². The van der Waals surface area contributed by atoms with Crippen molar-refractivity contribution >= 4 is 38.9 Å². The summed E-state index contributed by atoms with van der Waals surface area (Å²) in [7, 11) is -3.19. The van der Waals surface area contributed by atoms with Gasteiger partial charge in [-0.1, -0.05) is 18.7 Å². The first kappa shape index (κ1) is 16.1. The van der Waals surface area contributed by atoms with Gasteiger partial charge in [0, 0.05) is 15.2 Å². The van der Waals surface area contributed by atoms with Gasteiger partial charge in [0.1, 0.15) is 4.88 Å². The van der Waals surface area contributed by atoms with Crippen LogP contribution in [-0.4, -0.2) is 25.2 Å². The summed E-state index contributed by atoms with van der Waals surface area (Å²) >= 11 is 2.59. The number of carboxylic acids is 1. The highest BCUT2D eigenvalue weighted by molar-refractivity contribution is 7.99. The van der Waals surface area contributed by atoms with Crippen LogP contribution in [0.15, 0.2) is 50.4 Å². The van der Waals surface area contributed by atoms with Crippen LogP contribution in [0.5, 0.6) is 0 Å². The summed E-state index contributed by atoms with van der Waals surface area (Å²) in [4.78, 5) is 13.1. The van der Waals surface area contributed by atoms with Crippen LogP contribution in [0.4, 0.5) is 0 Å². The predicted octanol–water partition coefficient (Wildman–Crippen LogP) is 3.78. The van der Waals surface area contributed by atoms with Gasteiger partial charge in [-0.25, -0.2) is 13.2 Å². The van der Waals surface area contributed by atoms with Crippen molar-refractivity contribution in [2.45, 2.75) is 28.0 Å². The second-order valence-electron chi connectivity index (χ2n) is 4.34. The molecule has 0 aliphatic heterocycles. The summed E-state index contributed by atoms with van der Waals surface area (Å²) in [5, 5.41) is 10.6. The van der Waals surface area contributed by atoms with E-state index in [9.17, 15) is 13.2 Å². The zero-order valence-corrected chi connectivity index (χ0v) is 13.7. The highest BCUT2D eigenvalue weighted by atomic mass is 32.2. The Morgan fingerprint density at radius 1 is 1.24 bits per heavy atom. The monoisotopic (exact) mass is 342 g/mol. The van der Waals surface area contributed by atoms with Gasteiger partial charge in [-0.3, -0.25) is 0 Å². The standard InChI is InChI=1S/C14H14O4S3/c1-2-7-21(17,18)12-5-3-10(4-6-12)20-11-8-13(14(15)16)19-9-11/h3-6,8-9H,2,7H2,1H3,(H,15,16). The number of hydrogen-bond acceptors (Lipinski definition) is 5. The summed E-state index contributed by atoms with van der Waals surface area (Å²) < 4.78 is 23.8. The quantitative estimate of drug-likeness (QED) is 0.865. The van der Waals surface area contributed by atoms with E-state index in [0.29, 0.717) is 16.2 Å². The minimum Gasteiger partial charge on any atom is -0.477 e. The maximum atomic E-state index is 11.9. The molecule has 0 saturated carbocycles. The lowest BCUT2D eigenvalue weighted by Crippen LogP contribution is -2.05. The second kappa shape index (κ2) is 6.64. The van der Waals surface area contributed by atoms with Crippen LogP contribution in [0.3, 0.4) is 0 Å². The third-order valence-corrected chi connectivity index (χ3v) is 6.66. The highest BCUT2D eigenvalue weighted by Gasteiger charge is 2.13. The molecule has 112 valence electrons. The average molecular weight is 342 g/mol. The molecule has 1 aromatic heterocycles. The van der Waals surface area contributed by atoms with E-state index in [1.54, 1.807) is 35.7 Å². The Morgan fingerprint density at radius 3 is 2.43 bits per heavy atom. The van der Waals surface area contributed by atoms with Crippen LogP contribution in [-0.2, 0) is 9.84 Å². The summed E-state index contributed by atoms with van der Waals surface area (Å²) in [5.74, 6) is -0.792. The van der Waals surface area contributed by atoms with Gasteiger partial charge in [0.2, 0.25) is 0 Å². The molecule has 2 aromatic rings. The zero-order chi connectivity index (χ0) is 15.5. The molecule has 0 atom stereocenters. The molecule has 2 rings (SSSR count). The first-order valence-electron chi connectivity index (χ1n) is 6.25. The van der Waals surface area contributed by atoms with Crippen LogP contribution in [0.25, 0.3) is 0 Å². The van der Waals surface area contributed by atoms with Gasteiger partial charge in [0.15, 0.2) is 9.84 Å². The molecule has 0 aliphatic carbocycles. The first-order chi connectivity index (χ1) is 9.92. The summed E-state index contributed by atoms with van der Waals surface area (Å²) in [6.45, 7) is 1.83. The van der Waals surface area contributed by atoms with E-state index >= 15 is 0 Å². The van der Waals surface area contributed by atoms with Gasteiger partial charge in [-0.15, -0.1) is 11.3 Å². The Morgan fingerprint density at radius 2 is 1.90 bits per heavy atom. The fourth-order valence-corrected chi connectivity index (χ4v) is 4.79. The van der Waals surface area contributed by atoms with Crippen molar-refractivity contribution in [3.05, 3.63) is 40.6 Å². The van der Waals surface area contributed by atoms with E-state index < -0.39 is 15.8 Å². The minimum absolute atomic E-state index is 0.145. The van der Waals surface area contributed by atoms with Crippen molar-refractivity contribution in [2.75, 3.05) is 5.75 Å². The van der Waals surface area contributed by atoms with Crippen LogP contribution in [0.2, 0.25) is 0 Å². The van der Waals surface area contributed by atoms with Crippen molar-refractivity contribution < 1.29 is 18.3 Å². The molecule has 0 aliphatic rings. The van der Waals surface area contributed by atoms with Crippen molar-refractivity contribution in [1.82, 2.24) is 0 Å². The molecular weight excluding hydrogens is 328 g/mol. The third-order valence-electron chi connectivity index (χ3n) is 2.68. The Labute approximate surface area is 131 Å². The molecule has 0 saturated heterocycles. The van der Waals surface area contributed by atoms with Gasteiger partial charge in [0.05, 0.1) is 10.6 Å². The summed E-state index contributed by atoms with van der Waals surface area (Å²) in [5.41, 5.74) is 0. The first-order valence-corrected chi connectivity index (χ1v) is 9.59. The van der Waals surface area contributed by atoms with E-state index in [0.717, 1.165) is 9.79 Å². The molecule has 21 heavy (non-hydrogen) atoms. The highest BCUT2D eigenvalue weighted by Crippen LogP contribution is 2.32. The van der Waals surface area contributed by atoms with Crippen LogP contribution < -0.4 is 0 Å². The van der Waals surface area contributed by atoms with E-state index in [4.69, 9.17) is 5.11 Å². The summed E-state index contributed by atoms with van der Waals surface area (Å²) in [6, 6.07) is 8.28. The summed E-state index contributed by atoms with van der Waals surface area (Å²) in [6.07, 6.45) is 0.589. The smallest absolute Gasteiger partial charge is 0.345 e. The lowest BCUT2D eigenvalue weighted by Gasteiger charge is -2.04. The number of carbonyl (C=O) groups is 1. The molecule has 0 bridgehead atoms. The number of rotatable bonds is 6. The molecule has 0 radical (unpaired) electrons. The van der Waals surface area contributed by atoms with Crippen molar-refractivity contribution in [1.29, 1.82) is 0 Å². The van der Waals surface area contributed by atoms with Gasteiger partial charge in [-0.2, -0.15) is 0 Å². The molecule has 7 heteroatoms. The fourth-order valence-electron chi connectivity index (χ4n) is 1.72. The van der Waals surface area contributed by atoms with Crippen molar-refractivity contribution in [2.24, 2.45) is 0 Å². The van der Waals surface area contributed by atoms with E-state index in [-0.39, 0.29) is 5.75 Å². The number of sulfone groups is 1. The van der Waals surface area contributed by atoms with Gasteiger partial charge in [0.25, 0.3) is 0 Å². The largest absolute Gasteiger partial charge is 0.477 e. The molecule has 1 aromatic carbocycles. The predicted molar refractivity (Wildman–Crippen MR) is 84.2 cm³/mol. The Balaban J connectivity index is 2.14. The molecule has 0 fully saturated rings. The van der Waals surface area contributed by atoms with Crippen LogP contribution >= 0.6 is 23.1 Å². The molecule has 1 heterocycles. The number of benzene rings is 1. The van der Waals surface area contributed by atoms with Gasteiger partial charge < -0.3 is 5.11 Å². The fraction of sp³-hybridized carbons (Fsp3) is 0.214. The van der Waals surface area contributed by atoms with Gasteiger partial charge in [-0.05, 0) is 36.8 Å². The van der Waals surface area contributed by atoms with Crippen LogP contribution in [0.1, 0.15) is 23.0 Å². The van der Waals surface area contributed by atoms with E-state index in [1.165, 1.54) is 23.1 Å². The molecule has 0 amide bonds. The normalized spacial score (nSPS) is 11.5. The number of aromatic carboxylic acids is 1. The van der Waals surface area contributed by atoms with Crippen molar-refractivity contribution in [3.8, 4) is 0 Å². The van der Waals surface area contributed by atoms with Gasteiger partial charge >= 0.3 is 5.97 Å². The lowest BCUT2D eigenvalue weighted by molar-refractivity contribution is 0.0702. The Kier molecular flexibility index (Phi) is 5.08. The maximum absolute atomic E-state index is 11.9. The topological polar surface area (TPSA) is 71.4 Å². The Bertz CT molecular complexity index is 730. The Hall–Kier alpha value is -1.31. The SMILES string of the molecule is CCCS(=O)(=O)c1ccc(Sc2csc(C(=O)O)c2)cc1.